The second-order valence-corrected chi connectivity index (χ2v) is 23.3. The minimum absolute atomic E-state index is 0.0762. The van der Waals surface area contributed by atoms with E-state index >= 15 is 0 Å². The van der Waals surface area contributed by atoms with Crippen molar-refractivity contribution in [1.29, 1.82) is 0 Å². The maximum Gasteiger partial charge on any atom is 0.137 e. The van der Waals surface area contributed by atoms with Gasteiger partial charge in [-0.1, -0.05) is 203 Å². The van der Waals surface area contributed by atoms with Gasteiger partial charge >= 0.3 is 0 Å². The molecule has 0 unspecified atom stereocenters. The Labute approximate surface area is 439 Å². The van der Waals surface area contributed by atoms with Crippen molar-refractivity contribution < 1.29 is 0 Å². The molecular weight excluding hydrogens is 897 g/mol. The zero-order valence-electron chi connectivity index (χ0n) is 44.6. The Morgan fingerprint density at radius 1 is 0.338 bits per heavy atom. The van der Waals surface area contributed by atoms with Gasteiger partial charge in [0.25, 0.3) is 0 Å². The minimum atomic E-state index is -0.186. The van der Waals surface area contributed by atoms with Crippen LogP contribution in [0.3, 0.4) is 0 Å². The van der Waals surface area contributed by atoms with E-state index in [9.17, 15) is 0 Å². The van der Waals surface area contributed by atoms with Crippen LogP contribution < -0.4 is 9.80 Å². The van der Waals surface area contributed by atoms with E-state index < -0.39 is 0 Å². The lowest BCUT2D eigenvalue weighted by Crippen LogP contribution is -2.17. The third-order valence-corrected chi connectivity index (χ3v) is 15.5. The van der Waals surface area contributed by atoms with E-state index in [1.807, 2.05) is 24.5 Å². The first-order valence-electron chi connectivity index (χ1n) is 26.1. The van der Waals surface area contributed by atoms with Gasteiger partial charge in [0.2, 0.25) is 0 Å². The van der Waals surface area contributed by atoms with Gasteiger partial charge in [-0.25, -0.2) is 9.97 Å². The van der Waals surface area contributed by atoms with Gasteiger partial charge in [-0.2, -0.15) is 0 Å². The molecule has 0 spiro atoms. The molecule has 11 rings (SSSR count). The predicted molar refractivity (Wildman–Crippen MR) is 315 cm³/mol. The van der Waals surface area contributed by atoms with Gasteiger partial charge in [-0.05, 0) is 162 Å². The van der Waals surface area contributed by atoms with Gasteiger partial charge in [0.15, 0.2) is 0 Å². The van der Waals surface area contributed by atoms with Crippen molar-refractivity contribution in [2.45, 2.75) is 90.9 Å². The van der Waals surface area contributed by atoms with Gasteiger partial charge in [-0.3, -0.25) is 9.80 Å². The summed E-state index contributed by atoms with van der Waals surface area (Å²) in [7, 11) is 0. The van der Waals surface area contributed by atoms with Crippen LogP contribution in [0.5, 0.6) is 0 Å². The molecule has 2 aromatic heterocycles. The smallest absolute Gasteiger partial charge is 0.137 e. The molecule has 4 heteroatoms. The van der Waals surface area contributed by atoms with Crippen molar-refractivity contribution >= 4 is 58.7 Å². The van der Waals surface area contributed by atoms with Crippen LogP contribution in [0.2, 0.25) is 0 Å². The van der Waals surface area contributed by atoms with E-state index in [1.54, 1.807) is 0 Å². The number of fused-ring (bicyclic) bond motifs is 6. The number of nitrogens with zero attached hydrogens (tertiary/aromatic N) is 4. The van der Waals surface area contributed by atoms with Crippen molar-refractivity contribution in [2.75, 3.05) is 9.80 Å². The molecule has 7 aromatic carbocycles. The Morgan fingerprint density at radius 3 is 0.986 bits per heavy atom. The summed E-state index contributed by atoms with van der Waals surface area (Å²) in [6, 6.07) is 66.7. The number of rotatable bonds is 10. The fourth-order valence-corrected chi connectivity index (χ4v) is 11.1. The van der Waals surface area contributed by atoms with Crippen LogP contribution in [0.25, 0.3) is 46.6 Å². The summed E-state index contributed by atoms with van der Waals surface area (Å²) in [6.45, 7) is 23.0. The van der Waals surface area contributed by atoms with E-state index in [4.69, 9.17) is 9.97 Å². The van der Waals surface area contributed by atoms with Crippen LogP contribution in [-0.4, -0.2) is 9.97 Å². The molecule has 9 aromatic rings. The molecule has 0 fully saturated rings. The highest BCUT2D eigenvalue weighted by Crippen LogP contribution is 2.53. The third-order valence-electron chi connectivity index (χ3n) is 15.5. The van der Waals surface area contributed by atoms with Crippen molar-refractivity contribution in [3.8, 4) is 22.3 Å². The Hall–Kier alpha value is -8.08. The largest absolute Gasteiger partial charge is 0.295 e. The zero-order chi connectivity index (χ0) is 51.6. The second-order valence-electron chi connectivity index (χ2n) is 23.3. The van der Waals surface area contributed by atoms with E-state index in [-0.39, 0.29) is 21.7 Å². The van der Waals surface area contributed by atoms with Gasteiger partial charge < -0.3 is 0 Å². The molecule has 366 valence electrons. The molecule has 4 nitrogen and oxygen atoms in total. The lowest BCUT2D eigenvalue weighted by molar-refractivity contribution is 0.590. The van der Waals surface area contributed by atoms with Crippen molar-refractivity contribution in [1.82, 2.24) is 9.97 Å². The average molecular weight is 963 g/mol. The second kappa shape index (κ2) is 18.4. The third kappa shape index (κ3) is 8.97. The minimum Gasteiger partial charge on any atom is -0.295 e. The molecule has 0 amide bonds. The lowest BCUT2D eigenvalue weighted by Gasteiger charge is -2.28. The van der Waals surface area contributed by atoms with Crippen LogP contribution in [0, 0.1) is 0 Å². The maximum absolute atomic E-state index is 4.81. The fourth-order valence-electron chi connectivity index (χ4n) is 11.1. The highest BCUT2D eigenvalue weighted by atomic mass is 15.2. The van der Waals surface area contributed by atoms with Gasteiger partial charge in [-0.15, -0.1) is 0 Å². The summed E-state index contributed by atoms with van der Waals surface area (Å²) in [6.07, 6.45) is 12.7. The first kappa shape index (κ1) is 48.2. The molecular formula is C70H66N4. The molecule has 0 N–H and O–H groups in total. The number of hydrogen-bond acceptors (Lipinski definition) is 4. The fraction of sp³-hybridized carbons (Fsp3) is 0.200. The predicted octanol–water partition coefficient (Wildman–Crippen LogP) is 19.0. The van der Waals surface area contributed by atoms with E-state index in [2.05, 4.69) is 273 Å². The molecule has 0 saturated carbocycles. The molecule has 0 aliphatic heterocycles. The monoisotopic (exact) mass is 963 g/mol. The number of anilines is 6. The van der Waals surface area contributed by atoms with Gasteiger partial charge in [0.05, 0.1) is 0 Å². The summed E-state index contributed by atoms with van der Waals surface area (Å²) in [5.41, 5.74) is 22.0. The Bertz CT molecular complexity index is 3350. The summed E-state index contributed by atoms with van der Waals surface area (Å²) >= 11 is 0. The highest BCUT2D eigenvalue weighted by Gasteiger charge is 2.38. The van der Waals surface area contributed by atoms with Crippen LogP contribution in [0.4, 0.5) is 34.4 Å². The van der Waals surface area contributed by atoms with Gasteiger partial charge in [0.1, 0.15) is 11.6 Å². The molecule has 2 aliphatic carbocycles. The number of benzene rings is 7. The van der Waals surface area contributed by atoms with Crippen molar-refractivity contribution in [2.24, 2.45) is 0 Å². The number of hydrogen-bond donors (Lipinski definition) is 0. The Balaban J connectivity index is 0.792. The zero-order valence-corrected chi connectivity index (χ0v) is 44.6. The topological polar surface area (TPSA) is 32.3 Å². The quantitative estimate of drug-likeness (QED) is 0.128. The SMILES string of the molecule is CC(C)(C)c1ccc(N(c2ccc3c(c2)C(C)(C)c2cc(/C=C/c4ccc(/C=C/c5ccc6c(c5)C(C)(C)c5cc(N(c7ccc(C(C)(C)C)cc7)c7ccccn7)ccc5-6)cc4)ccc2-3)c2ccccn2)cc1. The van der Waals surface area contributed by atoms with Crippen LogP contribution in [0.15, 0.2) is 194 Å². The first-order valence-corrected chi connectivity index (χ1v) is 26.1. The molecule has 74 heavy (non-hydrogen) atoms. The summed E-state index contributed by atoms with van der Waals surface area (Å²) in [4.78, 5) is 14.2. The number of pyridine rings is 2. The van der Waals surface area contributed by atoms with E-state index in [0.717, 1.165) is 34.4 Å². The normalized spacial score (nSPS) is 14.2. The molecule has 2 aliphatic rings. The highest BCUT2D eigenvalue weighted by molar-refractivity contribution is 5.88. The van der Waals surface area contributed by atoms with Crippen molar-refractivity contribution in [3.05, 3.63) is 250 Å². The summed E-state index contributed by atoms with van der Waals surface area (Å²) < 4.78 is 0. The molecule has 0 saturated heterocycles. The number of aromatic nitrogens is 2. The summed E-state index contributed by atoms with van der Waals surface area (Å²) in [5.74, 6) is 1.79. The summed E-state index contributed by atoms with van der Waals surface area (Å²) in [5, 5.41) is 0. The van der Waals surface area contributed by atoms with Crippen LogP contribution in [-0.2, 0) is 21.7 Å². The molecule has 0 bridgehead atoms. The molecule has 2 heterocycles. The maximum atomic E-state index is 4.81. The molecule has 0 radical (unpaired) electrons. The Morgan fingerprint density at radius 2 is 0.649 bits per heavy atom. The first-order chi connectivity index (χ1) is 35.4. The average Bonchev–Trinajstić information content (AvgIpc) is 3.81. The van der Waals surface area contributed by atoms with Crippen LogP contribution in [0.1, 0.15) is 125 Å². The lowest BCUT2D eigenvalue weighted by atomic mass is 9.81. The van der Waals surface area contributed by atoms with Gasteiger partial charge in [0, 0.05) is 46.0 Å². The van der Waals surface area contributed by atoms with Crippen molar-refractivity contribution in [3.63, 3.8) is 0 Å². The molecule has 0 atom stereocenters. The van der Waals surface area contributed by atoms with E-state index in [0.29, 0.717) is 0 Å². The standard InChI is InChI=1S/C70H66N4/c1-67(2,3)51-27-31-53(32-28-51)73(65-15-11-13-41-71-65)55-35-39-59-57-37-25-49(43-61(57)69(7,8)63(59)45-55)23-21-47-17-19-48(20-18-47)22-24-50-26-38-58-60-40-36-56(46-64(60)70(9,10)62(58)44-50)74(66-16-12-14-42-72-66)54-33-29-52(30-34-54)68(4,5)6/h11-46H,1-10H3/b23-21+,24-22+. The van der Waals surface area contributed by atoms with Crippen LogP contribution >= 0.6 is 0 Å². The Kier molecular flexibility index (Phi) is 12.0. The van der Waals surface area contributed by atoms with E-state index in [1.165, 1.54) is 77.9 Å².